The van der Waals surface area contributed by atoms with Crippen molar-refractivity contribution in [3.8, 4) is 5.75 Å². The van der Waals surface area contributed by atoms with Gasteiger partial charge in [-0.1, -0.05) is 12.1 Å². The highest BCUT2D eigenvalue weighted by molar-refractivity contribution is 5.87. The molecule has 0 amide bonds. The summed E-state index contributed by atoms with van der Waals surface area (Å²) in [4.78, 5) is 12.2. The third-order valence-corrected chi connectivity index (χ3v) is 5.55. The topological polar surface area (TPSA) is 67.1 Å². The van der Waals surface area contributed by atoms with Gasteiger partial charge in [0, 0.05) is 27.6 Å². The molecule has 3 N–H and O–H groups in total. The van der Waals surface area contributed by atoms with Crippen LogP contribution in [0.15, 0.2) is 39.5 Å². The summed E-state index contributed by atoms with van der Waals surface area (Å²) in [7, 11) is 0. The zero-order chi connectivity index (χ0) is 20.8. The van der Waals surface area contributed by atoms with E-state index in [4.69, 9.17) is 4.42 Å². The third-order valence-electron chi connectivity index (χ3n) is 5.55. The number of phenols is 1. The minimum absolute atomic E-state index is 0.0545. The monoisotopic (exact) mass is 404 g/mol. The first-order valence-corrected chi connectivity index (χ1v) is 9.53. The Morgan fingerprint density at radius 2 is 1.90 bits per heavy atom. The molecule has 29 heavy (non-hydrogen) atoms. The largest absolute Gasteiger partial charge is 0.507 e. The molecule has 0 radical (unpaired) electrons. The number of aromatic hydroxyl groups is 1. The molecule has 0 atom stereocenters. The summed E-state index contributed by atoms with van der Waals surface area (Å²) in [6.07, 6.45) is -1.97. The van der Waals surface area contributed by atoms with E-state index in [1.807, 2.05) is 11.4 Å². The van der Waals surface area contributed by atoms with Crippen LogP contribution in [0, 0.1) is 6.92 Å². The number of phenolic OH excluding ortho intramolecular Hbond substituents is 1. The van der Waals surface area contributed by atoms with Crippen molar-refractivity contribution >= 4 is 11.0 Å². The summed E-state index contributed by atoms with van der Waals surface area (Å²) in [5.41, 5.74) is 2.84. The van der Waals surface area contributed by atoms with Gasteiger partial charge in [-0.3, -0.25) is 0 Å². The van der Waals surface area contributed by atoms with Gasteiger partial charge in [-0.2, -0.15) is 13.2 Å². The predicted octanol–water partition coefficient (Wildman–Crippen LogP) is 3.58. The number of alkyl halides is 3. The van der Waals surface area contributed by atoms with Crippen LogP contribution in [0.25, 0.3) is 11.0 Å². The highest BCUT2D eigenvalue weighted by atomic mass is 19.4. The summed E-state index contributed by atoms with van der Waals surface area (Å²) < 4.78 is 44.0. The van der Waals surface area contributed by atoms with Crippen LogP contribution in [-0.2, 0) is 32.1 Å². The summed E-state index contributed by atoms with van der Waals surface area (Å²) >= 11 is 0. The first-order chi connectivity index (χ1) is 13.8. The zero-order valence-electron chi connectivity index (χ0n) is 15.9. The van der Waals surface area contributed by atoms with Crippen molar-refractivity contribution in [2.75, 3.05) is 0 Å². The molecule has 1 heterocycles. The number of quaternary nitrogens is 1. The fourth-order valence-corrected chi connectivity index (χ4v) is 4.06. The van der Waals surface area contributed by atoms with E-state index in [0.717, 1.165) is 35.9 Å². The summed E-state index contributed by atoms with van der Waals surface area (Å²) in [5.74, 6) is 0.0545. The van der Waals surface area contributed by atoms with Crippen molar-refractivity contribution < 1.29 is 28.0 Å². The van der Waals surface area contributed by atoms with Gasteiger partial charge in [0.05, 0.1) is 5.56 Å². The second kappa shape index (κ2) is 7.22. The van der Waals surface area contributed by atoms with E-state index in [1.54, 1.807) is 13.0 Å². The molecular formula is C22H21F3NO3+. The Balaban J connectivity index is 1.60. The molecule has 0 bridgehead atoms. The lowest BCUT2D eigenvalue weighted by Crippen LogP contribution is -2.80. The molecule has 152 valence electrons. The fourth-order valence-electron chi connectivity index (χ4n) is 4.06. The van der Waals surface area contributed by atoms with E-state index >= 15 is 0 Å². The Bertz CT molecular complexity index is 1150. The normalized spacial score (nSPS) is 13.8. The SMILES string of the molecule is Cc1c(O)c(C[NH2+]Cc2cccc(C(F)(F)F)c2)cc2c3c(c(=O)oc12)CCC3. The number of hydrogen-bond donors (Lipinski definition) is 2. The van der Waals surface area contributed by atoms with Crippen LogP contribution < -0.4 is 10.9 Å². The van der Waals surface area contributed by atoms with Crippen molar-refractivity contribution in [1.29, 1.82) is 0 Å². The van der Waals surface area contributed by atoms with Gasteiger partial charge < -0.3 is 14.8 Å². The first kappa shape index (κ1) is 19.5. The molecule has 0 spiro atoms. The van der Waals surface area contributed by atoms with Gasteiger partial charge in [0.15, 0.2) is 0 Å². The van der Waals surface area contributed by atoms with Crippen molar-refractivity contribution in [1.82, 2.24) is 0 Å². The third kappa shape index (κ3) is 3.62. The zero-order valence-corrected chi connectivity index (χ0v) is 15.9. The standard InChI is InChI=1S/C22H20F3NO3/c1-12-19(27)14(9-18-16-6-3-7-17(16)21(28)29-20(12)18)11-26-10-13-4-2-5-15(8-13)22(23,24)25/h2,4-5,8-9,26-27H,3,6-7,10-11H2,1H3/p+1. The van der Waals surface area contributed by atoms with Gasteiger partial charge in [0.25, 0.3) is 0 Å². The van der Waals surface area contributed by atoms with Crippen LogP contribution in [0.5, 0.6) is 5.75 Å². The number of benzene rings is 2. The average molecular weight is 404 g/mol. The molecular weight excluding hydrogens is 383 g/mol. The number of hydrogen-bond acceptors (Lipinski definition) is 3. The van der Waals surface area contributed by atoms with Crippen LogP contribution >= 0.6 is 0 Å². The van der Waals surface area contributed by atoms with E-state index in [-0.39, 0.29) is 11.4 Å². The minimum atomic E-state index is -4.37. The summed E-state index contributed by atoms with van der Waals surface area (Å²) in [6.45, 7) is 2.45. The van der Waals surface area contributed by atoms with Crippen LogP contribution in [0.2, 0.25) is 0 Å². The van der Waals surface area contributed by atoms with Crippen molar-refractivity contribution in [2.24, 2.45) is 0 Å². The Hall–Kier alpha value is -2.80. The first-order valence-electron chi connectivity index (χ1n) is 9.53. The predicted molar refractivity (Wildman–Crippen MR) is 102 cm³/mol. The Morgan fingerprint density at radius 3 is 2.66 bits per heavy atom. The Kier molecular flexibility index (Phi) is 4.86. The molecule has 0 fully saturated rings. The van der Waals surface area contributed by atoms with Gasteiger partial charge >= 0.3 is 11.8 Å². The van der Waals surface area contributed by atoms with Crippen LogP contribution in [0.3, 0.4) is 0 Å². The molecule has 0 saturated carbocycles. The summed E-state index contributed by atoms with van der Waals surface area (Å²) in [5, 5.41) is 13.2. The van der Waals surface area contributed by atoms with Gasteiger partial charge in [-0.15, -0.1) is 0 Å². The molecule has 4 rings (SSSR count). The van der Waals surface area contributed by atoms with Gasteiger partial charge in [0.2, 0.25) is 0 Å². The molecule has 0 aliphatic heterocycles. The van der Waals surface area contributed by atoms with E-state index < -0.39 is 11.7 Å². The second-order valence-electron chi connectivity index (χ2n) is 7.48. The van der Waals surface area contributed by atoms with Crippen molar-refractivity contribution in [3.63, 3.8) is 0 Å². The fraction of sp³-hybridized carbons (Fsp3) is 0.318. The molecule has 0 saturated heterocycles. The number of fused-ring (bicyclic) bond motifs is 3. The van der Waals surface area contributed by atoms with Crippen LogP contribution in [0.4, 0.5) is 13.2 Å². The lowest BCUT2D eigenvalue weighted by molar-refractivity contribution is -0.686. The van der Waals surface area contributed by atoms with Crippen molar-refractivity contribution in [3.05, 3.63) is 74.1 Å². The van der Waals surface area contributed by atoms with E-state index in [2.05, 4.69) is 0 Å². The number of halogens is 3. The second-order valence-corrected chi connectivity index (χ2v) is 7.48. The lowest BCUT2D eigenvalue weighted by Gasteiger charge is -2.12. The highest BCUT2D eigenvalue weighted by Gasteiger charge is 2.30. The maximum atomic E-state index is 12.9. The van der Waals surface area contributed by atoms with E-state index in [0.29, 0.717) is 47.3 Å². The molecule has 0 unspecified atom stereocenters. The van der Waals surface area contributed by atoms with E-state index in [1.165, 1.54) is 6.07 Å². The van der Waals surface area contributed by atoms with E-state index in [9.17, 15) is 23.1 Å². The van der Waals surface area contributed by atoms with Crippen molar-refractivity contribution in [2.45, 2.75) is 45.5 Å². The Labute approximate surface area is 165 Å². The molecule has 1 aliphatic rings. The average Bonchev–Trinajstić information content (AvgIpc) is 3.17. The maximum Gasteiger partial charge on any atom is 0.416 e. The quantitative estimate of drug-likeness (QED) is 0.654. The molecule has 1 aliphatic carbocycles. The maximum absolute atomic E-state index is 12.9. The molecule has 4 nitrogen and oxygen atoms in total. The summed E-state index contributed by atoms with van der Waals surface area (Å²) in [6, 6.07) is 7.08. The number of rotatable bonds is 4. The Morgan fingerprint density at radius 1 is 1.14 bits per heavy atom. The molecule has 1 aromatic heterocycles. The lowest BCUT2D eigenvalue weighted by atomic mass is 10.00. The number of nitrogens with two attached hydrogens (primary N) is 1. The van der Waals surface area contributed by atoms with Crippen LogP contribution in [0.1, 0.15) is 39.8 Å². The molecule has 2 aromatic carbocycles. The van der Waals surface area contributed by atoms with Gasteiger partial charge in [-0.25, -0.2) is 4.79 Å². The van der Waals surface area contributed by atoms with Crippen LogP contribution in [-0.4, -0.2) is 5.11 Å². The minimum Gasteiger partial charge on any atom is -0.507 e. The molecule has 7 heteroatoms. The smallest absolute Gasteiger partial charge is 0.416 e. The van der Waals surface area contributed by atoms with Gasteiger partial charge in [0.1, 0.15) is 24.4 Å². The highest BCUT2D eigenvalue weighted by Crippen LogP contribution is 2.35. The van der Waals surface area contributed by atoms with Gasteiger partial charge in [-0.05, 0) is 49.9 Å². The number of aryl methyl sites for hydroxylation is 2. The molecule has 3 aromatic rings.